The van der Waals surface area contributed by atoms with Gasteiger partial charge < -0.3 is 13.9 Å². The van der Waals surface area contributed by atoms with Gasteiger partial charge in [-0.05, 0) is 40.9 Å². The van der Waals surface area contributed by atoms with E-state index >= 15 is 0 Å². The van der Waals surface area contributed by atoms with E-state index in [1.54, 1.807) is 0 Å². The summed E-state index contributed by atoms with van der Waals surface area (Å²) in [5.74, 6) is 0.748. The molecule has 0 N–H and O–H groups in total. The molecule has 1 aliphatic rings. The summed E-state index contributed by atoms with van der Waals surface area (Å²) in [5.41, 5.74) is 0.853. The van der Waals surface area contributed by atoms with Crippen LogP contribution >= 0.6 is 15.9 Å². The fourth-order valence-corrected chi connectivity index (χ4v) is 3.37. The largest absolute Gasteiger partial charge is 0.469 e. The van der Waals surface area contributed by atoms with E-state index in [4.69, 9.17) is 13.9 Å². The molecule has 1 aromatic heterocycles. The Morgan fingerprint density at radius 1 is 1.38 bits per heavy atom. The molecule has 0 bridgehead atoms. The molecular formula is C18H22BrN3O4. The maximum Gasteiger partial charge on any atom is 0.306 e. The molecule has 8 heteroatoms. The highest BCUT2D eigenvalue weighted by Gasteiger charge is 2.22. The lowest BCUT2D eigenvalue weighted by Crippen LogP contribution is -2.33. The summed E-state index contributed by atoms with van der Waals surface area (Å²) in [6.07, 6.45) is 2.59. The van der Waals surface area contributed by atoms with E-state index < -0.39 is 0 Å². The van der Waals surface area contributed by atoms with Crippen LogP contribution in [0.5, 0.6) is 0 Å². The minimum atomic E-state index is -0.234. The lowest BCUT2D eigenvalue weighted by atomic mass is 10.2. The highest BCUT2D eigenvalue weighted by Crippen LogP contribution is 2.27. The molecule has 1 fully saturated rings. The quantitative estimate of drug-likeness (QED) is 0.603. The molecule has 26 heavy (non-hydrogen) atoms. The SMILES string of the molecule is COC(=O)CCN(Cc1nnc(-c2ccccc2Br)o1)CC1CCCO1. The highest BCUT2D eigenvalue weighted by atomic mass is 79.9. The molecule has 0 spiro atoms. The van der Waals surface area contributed by atoms with E-state index in [0.29, 0.717) is 31.3 Å². The van der Waals surface area contributed by atoms with E-state index in [1.807, 2.05) is 24.3 Å². The predicted octanol–water partition coefficient (Wildman–Crippen LogP) is 3.04. The molecule has 1 atom stereocenters. The Labute approximate surface area is 160 Å². The van der Waals surface area contributed by atoms with E-state index in [2.05, 4.69) is 31.0 Å². The fraction of sp³-hybridized carbons (Fsp3) is 0.500. The second-order valence-corrected chi connectivity index (χ2v) is 7.03. The summed E-state index contributed by atoms with van der Waals surface area (Å²) in [5, 5.41) is 8.31. The van der Waals surface area contributed by atoms with Crippen LogP contribution in [0.1, 0.15) is 25.2 Å². The molecule has 1 aromatic carbocycles. The summed E-state index contributed by atoms with van der Waals surface area (Å²) in [7, 11) is 1.40. The summed E-state index contributed by atoms with van der Waals surface area (Å²) in [6.45, 7) is 2.54. The van der Waals surface area contributed by atoms with Crippen molar-refractivity contribution >= 4 is 21.9 Å². The second kappa shape index (κ2) is 9.25. The van der Waals surface area contributed by atoms with Crippen LogP contribution in [0.4, 0.5) is 0 Å². The van der Waals surface area contributed by atoms with Crippen LogP contribution in [0.3, 0.4) is 0 Å². The third-order valence-electron chi connectivity index (χ3n) is 4.28. The van der Waals surface area contributed by atoms with Gasteiger partial charge in [-0.25, -0.2) is 0 Å². The smallest absolute Gasteiger partial charge is 0.306 e. The van der Waals surface area contributed by atoms with Gasteiger partial charge in [-0.2, -0.15) is 0 Å². The topological polar surface area (TPSA) is 77.7 Å². The number of carbonyl (C=O) groups is 1. The van der Waals surface area contributed by atoms with Gasteiger partial charge in [0, 0.05) is 24.2 Å². The maximum atomic E-state index is 11.5. The van der Waals surface area contributed by atoms with Crippen LogP contribution < -0.4 is 0 Å². The monoisotopic (exact) mass is 423 g/mol. The predicted molar refractivity (Wildman–Crippen MR) is 98.3 cm³/mol. The number of halogens is 1. The molecule has 0 aliphatic carbocycles. The Kier molecular flexibility index (Phi) is 6.76. The van der Waals surface area contributed by atoms with Crippen LogP contribution in [0.25, 0.3) is 11.5 Å². The zero-order valence-corrected chi connectivity index (χ0v) is 16.3. The maximum absolute atomic E-state index is 11.5. The number of benzene rings is 1. The number of ether oxygens (including phenoxy) is 2. The van der Waals surface area contributed by atoms with E-state index in [0.717, 1.165) is 36.0 Å². The first-order chi connectivity index (χ1) is 12.7. The van der Waals surface area contributed by atoms with Crippen LogP contribution in [0, 0.1) is 0 Å². The minimum absolute atomic E-state index is 0.179. The normalized spacial score (nSPS) is 17.0. The summed E-state index contributed by atoms with van der Waals surface area (Å²) >= 11 is 3.49. The lowest BCUT2D eigenvalue weighted by Gasteiger charge is -2.23. The number of methoxy groups -OCH3 is 1. The molecule has 1 unspecified atom stereocenters. The first-order valence-electron chi connectivity index (χ1n) is 8.63. The molecular weight excluding hydrogens is 402 g/mol. The van der Waals surface area contributed by atoms with Gasteiger partial charge >= 0.3 is 5.97 Å². The van der Waals surface area contributed by atoms with Crippen molar-refractivity contribution in [3.05, 3.63) is 34.6 Å². The van der Waals surface area contributed by atoms with Crippen molar-refractivity contribution in [2.24, 2.45) is 0 Å². The summed E-state index contributed by atoms with van der Waals surface area (Å²) in [4.78, 5) is 13.6. The average molecular weight is 424 g/mol. The van der Waals surface area contributed by atoms with Crippen molar-refractivity contribution in [2.75, 3.05) is 26.8 Å². The number of rotatable bonds is 8. The number of esters is 1. The van der Waals surface area contributed by atoms with Crippen LogP contribution in [0.2, 0.25) is 0 Å². The number of carbonyl (C=O) groups excluding carboxylic acids is 1. The summed E-state index contributed by atoms with van der Waals surface area (Å²) < 4.78 is 17.2. The molecule has 7 nitrogen and oxygen atoms in total. The van der Waals surface area contributed by atoms with Gasteiger partial charge in [-0.3, -0.25) is 9.69 Å². The molecule has 1 saturated heterocycles. The number of hydrogen-bond acceptors (Lipinski definition) is 7. The number of aromatic nitrogens is 2. The first kappa shape index (κ1) is 19.0. The molecule has 3 rings (SSSR count). The third-order valence-corrected chi connectivity index (χ3v) is 4.97. The lowest BCUT2D eigenvalue weighted by molar-refractivity contribution is -0.141. The summed E-state index contributed by atoms with van der Waals surface area (Å²) in [6, 6.07) is 7.70. The number of hydrogen-bond donors (Lipinski definition) is 0. The molecule has 2 aromatic rings. The third kappa shape index (κ3) is 5.12. The van der Waals surface area contributed by atoms with Crippen molar-refractivity contribution in [3.63, 3.8) is 0 Å². The van der Waals surface area contributed by atoms with E-state index in [-0.39, 0.29) is 12.1 Å². The molecule has 1 aliphatic heterocycles. The molecule has 140 valence electrons. The van der Waals surface area contributed by atoms with Gasteiger partial charge in [-0.15, -0.1) is 10.2 Å². The standard InChI is InChI=1S/C18H22BrN3O4/c1-24-17(23)8-9-22(11-13-5-4-10-25-13)12-16-20-21-18(26-16)14-6-2-3-7-15(14)19/h2-3,6-7,13H,4-5,8-12H2,1H3. The second-order valence-electron chi connectivity index (χ2n) is 6.18. The number of nitrogens with zero attached hydrogens (tertiary/aromatic N) is 3. The van der Waals surface area contributed by atoms with Gasteiger partial charge in [-0.1, -0.05) is 12.1 Å². The molecule has 0 radical (unpaired) electrons. The Morgan fingerprint density at radius 2 is 2.23 bits per heavy atom. The molecule has 0 saturated carbocycles. The Bertz CT molecular complexity index is 731. The average Bonchev–Trinajstić information content (AvgIpc) is 3.32. The van der Waals surface area contributed by atoms with E-state index in [9.17, 15) is 4.79 Å². The zero-order valence-electron chi connectivity index (χ0n) is 14.7. The zero-order chi connectivity index (χ0) is 18.4. The highest BCUT2D eigenvalue weighted by molar-refractivity contribution is 9.10. The fourth-order valence-electron chi connectivity index (χ4n) is 2.91. The van der Waals surface area contributed by atoms with Gasteiger partial charge in [0.2, 0.25) is 11.8 Å². The van der Waals surface area contributed by atoms with Crippen LogP contribution in [-0.2, 0) is 20.8 Å². The van der Waals surface area contributed by atoms with Crippen molar-refractivity contribution in [2.45, 2.75) is 31.9 Å². The van der Waals surface area contributed by atoms with Gasteiger partial charge in [0.15, 0.2) is 0 Å². The molecule has 0 amide bonds. The first-order valence-corrected chi connectivity index (χ1v) is 9.43. The van der Waals surface area contributed by atoms with Gasteiger partial charge in [0.1, 0.15) is 0 Å². The van der Waals surface area contributed by atoms with Crippen molar-refractivity contribution in [1.29, 1.82) is 0 Å². The Balaban J connectivity index is 1.67. The van der Waals surface area contributed by atoms with Crippen molar-refractivity contribution in [3.8, 4) is 11.5 Å². The van der Waals surface area contributed by atoms with Crippen LogP contribution in [0.15, 0.2) is 33.2 Å². The molecule has 2 heterocycles. The van der Waals surface area contributed by atoms with Gasteiger partial charge in [0.25, 0.3) is 0 Å². The Hall–Kier alpha value is -1.77. The van der Waals surface area contributed by atoms with Gasteiger partial charge in [0.05, 0.1) is 31.7 Å². The Morgan fingerprint density at radius 3 is 2.96 bits per heavy atom. The van der Waals surface area contributed by atoms with E-state index in [1.165, 1.54) is 7.11 Å². The van der Waals surface area contributed by atoms with Crippen LogP contribution in [-0.4, -0.2) is 54.0 Å². The van der Waals surface area contributed by atoms with Crippen molar-refractivity contribution < 1.29 is 18.7 Å². The minimum Gasteiger partial charge on any atom is -0.469 e. The van der Waals surface area contributed by atoms with Crippen molar-refractivity contribution in [1.82, 2.24) is 15.1 Å².